The third-order valence-corrected chi connectivity index (χ3v) is 7.24. The number of amides is 2. The van der Waals surface area contributed by atoms with Gasteiger partial charge in [0, 0.05) is 43.1 Å². The Morgan fingerprint density at radius 1 is 1.16 bits per heavy atom. The monoisotopic (exact) mass is 526 g/mol. The van der Waals surface area contributed by atoms with E-state index in [-0.39, 0.29) is 17.3 Å². The van der Waals surface area contributed by atoms with Crippen LogP contribution in [0.25, 0.3) is 0 Å². The molecule has 4 rings (SSSR count). The Balaban J connectivity index is 1.34. The van der Waals surface area contributed by atoms with Crippen molar-refractivity contribution in [2.24, 2.45) is 5.10 Å². The fourth-order valence-electron chi connectivity index (χ4n) is 4.28. The number of carbonyl (C=O) groups excluding carboxylic acids is 2. The number of likely N-dealkylation sites (tertiary alicyclic amines) is 1. The Bertz CT molecular complexity index is 1120. The highest BCUT2D eigenvalue weighted by atomic mass is 32.2. The van der Waals surface area contributed by atoms with Crippen molar-refractivity contribution in [1.29, 1.82) is 0 Å². The van der Waals surface area contributed by atoms with Crippen molar-refractivity contribution in [3.8, 4) is 11.5 Å². The van der Waals surface area contributed by atoms with Crippen LogP contribution in [-0.4, -0.2) is 77.1 Å². The Hall–Kier alpha value is -3.08. The third kappa shape index (κ3) is 7.47. The van der Waals surface area contributed by atoms with Gasteiger partial charge in [0.2, 0.25) is 5.91 Å². The SMILES string of the molecule is CCOc1cc(C2=NN(Cc3ccc(NC(=O)CCN4CCC(O)CC4)cc3)C(=O)SC2)ccc1OC. The van der Waals surface area contributed by atoms with E-state index in [1.165, 1.54) is 16.8 Å². The molecule has 0 bridgehead atoms. The van der Waals surface area contributed by atoms with Gasteiger partial charge in [0.05, 0.1) is 32.1 Å². The highest BCUT2D eigenvalue weighted by Crippen LogP contribution is 2.30. The number of benzene rings is 2. The van der Waals surface area contributed by atoms with Gasteiger partial charge < -0.3 is 24.8 Å². The van der Waals surface area contributed by atoms with E-state index in [1.54, 1.807) is 7.11 Å². The van der Waals surface area contributed by atoms with Crippen LogP contribution in [0, 0.1) is 0 Å². The second-order valence-corrected chi connectivity index (χ2v) is 9.95. The molecule has 1 fully saturated rings. The van der Waals surface area contributed by atoms with Gasteiger partial charge in [0.15, 0.2) is 11.5 Å². The van der Waals surface area contributed by atoms with E-state index in [0.717, 1.165) is 42.8 Å². The topological polar surface area (TPSA) is 104 Å². The summed E-state index contributed by atoms with van der Waals surface area (Å²) < 4.78 is 11.0. The number of nitrogens with one attached hydrogen (secondary N) is 1. The van der Waals surface area contributed by atoms with Crippen LogP contribution in [0.3, 0.4) is 0 Å². The van der Waals surface area contributed by atoms with E-state index in [4.69, 9.17) is 9.47 Å². The Kier molecular flexibility index (Phi) is 9.43. The quantitative estimate of drug-likeness (QED) is 0.483. The van der Waals surface area contributed by atoms with Crippen molar-refractivity contribution >= 4 is 34.3 Å². The standard InChI is InChI=1S/C27H34N4O5S/c1-3-36-25-16-20(6-9-24(25)35-2)23-18-37-27(34)31(29-23)17-19-4-7-21(8-5-19)28-26(33)12-15-30-13-10-22(32)11-14-30/h4-9,16,22,32H,3,10-15,17-18H2,1-2H3,(H,28,33). The molecule has 1 saturated heterocycles. The molecule has 0 aromatic heterocycles. The molecule has 37 heavy (non-hydrogen) atoms. The van der Waals surface area contributed by atoms with Gasteiger partial charge in [-0.25, -0.2) is 5.01 Å². The van der Waals surface area contributed by atoms with E-state index in [1.807, 2.05) is 49.4 Å². The lowest BCUT2D eigenvalue weighted by Gasteiger charge is -2.29. The van der Waals surface area contributed by atoms with Crippen molar-refractivity contribution in [3.05, 3.63) is 53.6 Å². The lowest BCUT2D eigenvalue weighted by molar-refractivity contribution is -0.116. The molecule has 2 N–H and O–H groups in total. The molecule has 0 unspecified atom stereocenters. The van der Waals surface area contributed by atoms with Gasteiger partial charge in [-0.15, -0.1) is 0 Å². The number of aliphatic hydroxyl groups excluding tert-OH is 1. The molecule has 0 spiro atoms. The van der Waals surface area contributed by atoms with Crippen molar-refractivity contribution in [2.45, 2.75) is 38.8 Å². The van der Waals surface area contributed by atoms with E-state index in [0.29, 0.717) is 49.1 Å². The lowest BCUT2D eigenvalue weighted by atomic mass is 10.1. The van der Waals surface area contributed by atoms with E-state index < -0.39 is 0 Å². The maximum absolute atomic E-state index is 12.5. The molecule has 2 amide bonds. The Morgan fingerprint density at radius 3 is 2.62 bits per heavy atom. The number of anilines is 1. The Morgan fingerprint density at radius 2 is 1.92 bits per heavy atom. The summed E-state index contributed by atoms with van der Waals surface area (Å²) >= 11 is 1.22. The fraction of sp³-hybridized carbons (Fsp3) is 0.444. The first-order chi connectivity index (χ1) is 17.9. The van der Waals surface area contributed by atoms with Gasteiger partial charge in [-0.3, -0.25) is 9.59 Å². The number of hydrogen-bond donors (Lipinski definition) is 2. The summed E-state index contributed by atoms with van der Waals surface area (Å²) in [5, 5.41) is 18.5. The van der Waals surface area contributed by atoms with Crippen molar-refractivity contribution < 1.29 is 24.2 Å². The first kappa shape index (κ1) is 27.0. The van der Waals surface area contributed by atoms with E-state index in [2.05, 4.69) is 15.3 Å². The summed E-state index contributed by atoms with van der Waals surface area (Å²) in [6.45, 7) is 5.11. The van der Waals surface area contributed by atoms with Gasteiger partial charge in [0.1, 0.15) is 0 Å². The molecule has 2 aromatic carbocycles. The molecule has 2 aliphatic rings. The lowest BCUT2D eigenvalue weighted by Crippen LogP contribution is -2.37. The summed E-state index contributed by atoms with van der Waals surface area (Å²) in [5.41, 5.74) is 3.30. The second-order valence-electron chi connectivity index (χ2n) is 9.03. The zero-order valence-corrected chi connectivity index (χ0v) is 22.1. The van der Waals surface area contributed by atoms with Crippen LogP contribution < -0.4 is 14.8 Å². The van der Waals surface area contributed by atoms with Crippen LogP contribution in [0.5, 0.6) is 11.5 Å². The molecule has 2 heterocycles. The highest BCUT2D eigenvalue weighted by molar-refractivity contribution is 8.14. The van der Waals surface area contributed by atoms with Gasteiger partial charge in [-0.1, -0.05) is 23.9 Å². The first-order valence-electron chi connectivity index (χ1n) is 12.6. The van der Waals surface area contributed by atoms with Crippen molar-refractivity contribution in [3.63, 3.8) is 0 Å². The number of ether oxygens (including phenoxy) is 2. The van der Waals surface area contributed by atoms with Crippen molar-refractivity contribution in [2.75, 3.05) is 44.4 Å². The summed E-state index contributed by atoms with van der Waals surface area (Å²) in [6.07, 6.45) is 1.73. The minimum Gasteiger partial charge on any atom is -0.493 e. The smallest absolute Gasteiger partial charge is 0.302 e. The molecular weight excluding hydrogens is 492 g/mol. The predicted molar refractivity (Wildman–Crippen MR) is 145 cm³/mol. The molecule has 2 aromatic rings. The Labute approximate surface area is 221 Å². The van der Waals surface area contributed by atoms with Crippen LogP contribution in [0.15, 0.2) is 47.6 Å². The molecule has 9 nitrogen and oxygen atoms in total. The number of hydrogen-bond acceptors (Lipinski definition) is 8. The van der Waals surface area contributed by atoms with Crippen LogP contribution >= 0.6 is 11.8 Å². The van der Waals surface area contributed by atoms with Gasteiger partial charge in [-0.2, -0.15) is 5.10 Å². The zero-order valence-electron chi connectivity index (χ0n) is 21.3. The minimum absolute atomic E-state index is 0.0402. The zero-order chi connectivity index (χ0) is 26.2. The predicted octanol–water partition coefficient (Wildman–Crippen LogP) is 3.95. The maximum atomic E-state index is 12.5. The number of methoxy groups -OCH3 is 1. The maximum Gasteiger partial charge on any atom is 0.302 e. The number of thioether (sulfide) groups is 1. The summed E-state index contributed by atoms with van der Waals surface area (Å²) in [4.78, 5) is 27.1. The van der Waals surface area contributed by atoms with Crippen LogP contribution in [0.2, 0.25) is 0 Å². The minimum atomic E-state index is -0.213. The molecule has 10 heteroatoms. The number of nitrogens with zero attached hydrogens (tertiary/aromatic N) is 3. The molecule has 0 aliphatic carbocycles. The average molecular weight is 527 g/mol. The van der Waals surface area contributed by atoms with E-state index in [9.17, 15) is 14.7 Å². The second kappa shape index (κ2) is 12.9. The number of aliphatic hydroxyl groups is 1. The fourth-order valence-corrected chi connectivity index (χ4v) is 5.02. The van der Waals surface area contributed by atoms with Gasteiger partial charge in [0.25, 0.3) is 0 Å². The van der Waals surface area contributed by atoms with Crippen LogP contribution in [0.1, 0.15) is 37.3 Å². The summed E-state index contributed by atoms with van der Waals surface area (Å²) in [5.74, 6) is 1.74. The normalized spacial score (nSPS) is 16.9. The number of rotatable bonds is 10. The van der Waals surface area contributed by atoms with Crippen LogP contribution in [0.4, 0.5) is 10.5 Å². The highest BCUT2D eigenvalue weighted by Gasteiger charge is 2.23. The largest absolute Gasteiger partial charge is 0.493 e. The van der Waals surface area contributed by atoms with Gasteiger partial charge in [-0.05, 0) is 55.7 Å². The average Bonchev–Trinajstić information content (AvgIpc) is 2.91. The number of piperidine rings is 1. The first-order valence-corrected chi connectivity index (χ1v) is 13.6. The summed E-state index contributed by atoms with van der Waals surface area (Å²) in [6, 6.07) is 13.1. The number of hydrazone groups is 1. The summed E-state index contributed by atoms with van der Waals surface area (Å²) in [7, 11) is 1.60. The molecule has 0 saturated carbocycles. The van der Waals surface area contributed by atoms with E-state index >= 15 is 0 Å². The van der Waals surface area contributed by atoms with Gasteiger partial charge >= 0.3 is 5.24 Å². The molecule has 2 aliphatic heterocycles. The third-order valence-electron chi connectivity index (χ3n) is 6.36. The molecule has 0 atom stereocenters. The molecule has 198 valence electrons. The van der Waals surface area contributed by atoms with Crippen LogP contribution in [-0.2, 0) is 11.3 Å². The molecule has 0 radical (unpaired) electrons. The molecular formula is C27H34N4O5S. The van der Waals surface area contributed by atoms with Crippen molar-refractivity contribution in [1.82, 2.24) is 9.91 Å². The number of carbonyl (C=O) groups is 2.